The molecule has 0 spiro atoms. The number of cyclic esters (lactones) is 1. The SMILES string of the molecule is O=C1O[C@@H](/C(=C\Nc2ccc(Cl)cc2Cl)[N+](=O)[O-])c2ccccc21. The molecule has 0 radical (unpaired) electrons. The van der Waals surface area contributed by atoms with Gasteiger partial charge in [0.2, 0.25) is 6.10 Å². The molecule has 0 saturated carbocycles. The van der Waals surface area contributed by atoms with Crippen LogP contribution in [0.1, 0.15) is 22.0 Å². The van der Waals surface area contributed by atoms with Crippen molar-refractivity contribution >= 4 is 34.9 Å². The molecule has 0 bridgehead atoms. The first-order valence-electron chi connectivity index (χ1n) is 6.83. The molecule has 0 saturated heterocycles. The minimum atomic E-state index is -1.08. The molecule has 1 atom stereocenters. The molecule has 1 aliphatic rings. The molecule has 1 heterocycles. The van der Waals surface area contributed by atoms with Gasteiger partial charge in [0.1, 0.15) is 0 Å². The summed E-state index contributed by atoms with van der Waals surface area (Å²) in [6.07, 6.45) is 0.0806. The van der Waals surface area contributed by atoms with Crippen molar-refractivity contribution in [2.75, 3.05) is 5.32 Å². The number of nitrogens with one attached hydrogen (secondary N) is 1. The topological polar surface area (TPSA) is 81.5 Å². The fraction of sp³-hybridized carbons (Fsp3) is 0.0625. The first kappa shape index (κ1) is 16.3. The van der Waals surface area contributed by atoms with Gasteiger partial charge >= 0.3 is 11.7 Å². The molecule has 122 valence electrons. The summed E-state index contributed by atoms with van der Waals surface area (Å²) in [6.45, 7) is 0. The molecule has 0 unspecified atom stereocenters. The lowest BCUT2D eigenvalue weighted by Gasteiger charge is -2.09. The number of halogens is 2. The monoisotopic (exact) mass is 364 g/mol. The molecule has 24 heavy (non-hydrogen) atoms. The van der Waals surface area contributed by atoms with Gasteiger partial charge in [0.15, 0.2) is 0 Å². The molecule has 0 amide bonds. The highest BCUT2D eigenvalue weighted by molar-refractivity contribution is 6.36. The molecule has 1 aliphatic heterocycles. The van der Waals surface area contributed by atoms with Gasteiger partial charge < -0.3 is 10.1 Å². The number of fused-ring (bicyclic) bond motifs is 1. The van der Waals surface area contributed by atoms with Crippen LogP contribution in [0.2, 0.25) is 10.0 Å². The van der Waals surface area contributed by atoms with Crippen LogP contribution in [0.4, 0.5) is 5.69 Å². The van der Waals surface area contributed by atoms with E-state index in [1.165, 1.54) is 6.07 Å². The third kappa shape index (κ3) is 3.06. The van der Waals surface area contributed by atoms with E-state index in [0.717, 1.165) is 6.20 Å². The van der Waals surface area contributed by atoms with Gasteiger partial charge in [-0.3, -0.25) is 10.1 Å². The molecule has 6 nitrogen and oxygen atoms in total. The number of carbonyl (C=O) groups is 1. The van der Waals surface area contributed by atoms with Crippen molar-refractivity contribution in [3.05, 3.63) is 85.6 Å². The summed E-state index contributed by atoms with van der Waals surface area (Å²) in [5.74, 6) is -0.590. The first-order valence-corrected chi connectivity index (χ1v) is 7.59. The summed E-state index contributed by atoms with van der Waals surface area (Å²) in [7, 11) is 0. The van der Waals surface area contributed by atoms with Gasteiger partial charge in [-0.15, -0.1) is 0 Å². The lowest BCUT2D eigenvalue weighted by atomic mass is 10.0. The number of nitrogens with zero attached hydrogens (tertiary/aromatic N) is 1. The number of rotatable bonds is 4. The van der Waals surface area contributed by atoms with Crippen molar-refractivity contribution in [1.29, 1.82) is 0 Å². The second-order valence-corrected chi connectivity index (χ2v) is 5.81. The van der Waals surface area contributed by atoms with Gasteiger partial charge in [-0.25, -0.2) is 4.79 Å². The third-order valence-corrected chi connectivity index (χ3v) is 4.02. The maximum Gasteiger partial charge on any atom is 0.339 e. The number of ether oxygens (including phenoxy) is 1. The number of carbonyl (C=O) groups excluding carboxylic acids is 1. The zero-order valence-corrected chi connectivity index (χ0v) is 13.5. The maximum atomic E-state index is 11.8. The number of hydrogen-bond donors (Lipinski definition) is 1. The summed E-state index contributed by atoms with van der Waals surface area (Å²) in [5.41, 5.74) is 0.909. The Morgan fingerprint density at radius 2 is 2.00 bits per heavy atom. The summed E-state index contributed by atoms with van der Waals surface area (Å²) in [5, 5.41) is 14.9. The van der Waals surface area contributed by atoms with Crippen molar-refractivity contribution in [2.45, 2.75) is 6.10 Å². The third-order valence-electron chi connectivity index (χ3n) is 3.47. The first-order chi connectivity index (χ1) is 11.5. The fourth-order valence-corrected chi connectivity index (χ4v) is 2.81. The Morgan fingerprint density at radius 1 is 1.25 bits per heavy atom. The average molecular weight is 365 g/mol. The minimum Gasteiger partial charge on any atom is -0.442 e. The summed E-state index contributed by atoms with van der Waals surface area (Å²) < 4.78 is 5.15. The molecule has 0 aromatic heterocycles. The van der Waals surface area contributed by atoms with Crippen molar-refractivity contribution in [3.63, 3.8) is 0 Å². The van der Waals surface area contributed by atoms with Crippen LogP contribution in [0.3, 0.4) is 0 Å². The second kappa shape index (κ2) is 6.51. The fourth-order valence-electron chi connectivity index (χ4n) is 2.35. The molecule has 2 aromatic carbocycles. The van der Waals surface area contributed by atoms with E-state index in [1.54, 1.807) is 36.4 Å². The van der Waals surface area contributed by atoms with Crippen LogP contribution in [0.5, 0.6) is 0 Å². The van der Waals surface area contributed by atoms with Crippen LogP contribution in [-0.2, 0) is 4.74 Å². The molecular formula is C16H10Cl2N2O4. The Balaban J connectivity index is 1.94. The van der Waals surface area contributed by atoms with Crippen molar-refractivity contribution < 1.29 is 14.5 Å². The van der Waals surface area contributed by atoms with E-state index in [4.69, 9.17) is 27.9 Å². The van der Waals surface area contributed by atoms with Gasteiger partial charge in [0.25, 0.3) is 0 Å². The van der Waals surface area contributed by atoms with E-state index in [1.807, 2.05) is 0 Å². The Morgan fingerprint density at radius 3 is 2.71 bits per heavy atom. The number of hydrogen-bond acceptors (Lipinski definition) is 5. The van der Waals surface area contributed by atoms with Crippen LogP contribution in [0.25, 0.3) is 0 Å². The Hall–Kier alpha value is -2.57. The zero-order chi connectivity index (χ0) is 17.3. The van der Waals surface area contributed by atoms with Crippen LogP contribution < -0.4 is 5.32 Å². The maximum absolute atomic E-state index is 11.8. The second-order valence-electron chi connectivity index (χ2n) is 4.97. The Labute approximate surface area is 146 Å². The summed E-state index contributed by atoms with van der Waals surface area (Å²) in [4.78, 5) is 22.7. The largest absolute Gasteiger partial charge is 0.442 e. The van der Waals surface area contributed by atoms with E-state index < -0.39 is 17.0 Å². The van der Waals surface area contributed by atoms with Gasteiger partial charge in [0, 0.05) is 10.6 Å². The van der Waals surface area contributed by atoms with E-state index in [9.17, 15) is 14.9 Å². The van der Waals surface area contributed by atoms with E-state index in [2.05, 4.69) is 5.32 Å². The van der Waals surface area contributed by atoms with Gasteiger partial charge in [-0.2, -0.15) is 0 Å². The molecule has 3 rings (SSSR count). The van der Waals surface area contributed by atoms with E-state index in [-0.39, 0.29) is 5.70 Å². The lowest BCUT2D eigenvalue weighted by molar-refractivity contribution is -0.436. The number of benzene rings is 2. The predicted molar refractivity (Wildman–Crippen MR) is 89.8 cm³/mol. The number of nitro groups is 1. The van der Waals surface area contributed by atoms with Crippen molar-refractivity contribution in [2.24, 2.45) is 0 Å². The van der Waals surface area contributed by atoms with Gasteiger partial charge in [-0.1, -0.05) is 41.4 Å². The van der Waals surface area contributed by atoms with Gasteiger partial charge in [0.05, 0.1) is 27.4 Å². The molecule has 2 aromatic rings. The summed E-state index contributed by atoms with van der Waals surface area (Å²) >= 11 is 11.8. The van der Waals surface area contributed by atoms with E-state index in [0.29, 0.717) is 26.9 Å². The molecular weight excluding hydrogens is 355 g/mol. The molecule has 1 N–H and O–H groups in total. The minimum absolute atomic E-state index is 0.306. The number of esters is 1. The highest BCUT2D eigenvalue weighted by atomic mass is 35.5. The molecule has 0 aliphatic carbocycles. The van der Waals surface area contributed by atoms with Crippen molar-refractivity contribution in [3.8, 4) is 0 Å². The highest BCUT2D eigenvalue weighted by Gasteiger charge is 2.39. The molecule has 0 fully saturated rings. The summed E-state index contributed by atoms with van der Waals surface area (Å²) in [6, 6.07) is 11.2. The Bertz CT molecular complexity index is 867. The molecule has 8 heteroatoms. The average Bonchev–Trinajstić information content (AvgIpc) is 2.87. The van der Waals surface area contributed by atoms with Crippen LogP contribution in [0, 0.1) is 10.1 Å². The predicted octanol–water partition coefficient (Wildman–Crippen LogP) is 4.44. The quantitative estimate of drug-likeness (QED) is 0.492. The smallest absolute Gasteiger partial charge is 0.339 e. The standard InChI is InChI=1S/C16H10Cl2N2O4/c17-9-5-6-13(12(18)7-9)19-8-14(20(22)23)15-10-3-1-2-4-11(10)16(21)24-15/h1-8,15,19H/b14-8+/t15-/m1/s1. The lowest BCUT2D eigenvalue weighted by Crippen LogP contribution is -2.12. The Kier molecular flexibility index (Phi) is 4.42. The number of anilines is 1. The highest BCUT2D eigenvalue weighted by Crippen LogP contribution is 2.36. The van der Waals surface area contributed by atoms with Crippen LogP contribution in [0.15, 0.2) is 54.4 Å². The van der Waals surface area contributed by atoms with Crippen molar-refractivity contribution in [1.82, 2.24) is 0 Å². The van der Waals surface area contributed by atoms with E-state index >= 15 is 0 Å². The van der Waals surface area contributed by atoms with Crippen LogP contribution in [-0.4, -0.2) is 10.9 Å². The normalized spacial score (nSPS) is 16.5. The van der Waals surface area contributed by atoms with Gasteiger partial charge in [-0.05, 0) is 24.3 Å². The van der Waals surface area contributed by atoms with Crippen LogP contribution >= 0.6 is 23.2 Å². The zero-order valence-electron chi connectivity index (χ0n) is 12.0.